The van der Waals surface area contributed by atoms with Crippen LogP contribution in [0.5, 0.6) is 0 Å². The Labute approximate surface area is 404 Å². The molecule has 0 aromatic carbocycles. The molecule has 0 bridgehead atoms. The van der Waals surface area contributed by atoms with Crippen LogP contribution in [0.3, 0.4) is 0 Å². The van der Waals surface area contributed by atoms with E-state index in [1.54, 1.807) is 0 Å². The summed E-state index contributed by atoms with van der Waals surface area (Å²) in [5.41, 5.74) is 0. The predicted molar refractivity (Wildman–Crippen MR) is 276 cm³/mol. The fourth-order valence-electron chi connectivity index (χ4n) is 5.47. The van der Waals surface area contributed by atoms with Crippen molar-refractivity contribution < 1.29 is 74.7 Å². The van der Waals surface area contributed by atoms with Gasteiger partial charge in [0.25, 0.3) is 0 Å². The van der Waals surface area contributed by atoms with Gasteiger partial charge in [-0.1, -0.05) is 194 Å². The van der Waals surface area contributed by atoms with Gasteiger partial charge in [0, 0.05) is 0 Å². The van der Waals surface area contributed by atoms with E-state index in [0.717, 1.165) is 17.3 Å². The lowest BCUT2D eigenvalue weighted by Crippen LogP contribution is -2.46. The molecule has 0 radical (unpaired) electrons. The summed E-state index contributed by atoms with van der Waals surface area (Å²) >= 11 is 12.6. The van der Waals surface area contributed by atoms with E-state index >= 15 is 0 Å². The Bertz CT molecular complexity index is 608. The monoisotopic (exact) mass is 1030 g/mol. The summed E-state index contributed by atoms with van der Waals surface area (Å²) in [7, 11) is -7.86. The molecule has 0 aromatic heterocycles. The molecule has 0 unspecified atom stereocenters. The number of hydrogen-bond acceptors (Lipinski definition) is 18. The second-order valence-corrected chi connectivity index (χ2v) is 18.0. The van der Waals surface area contributed by atoms with Gasteiger partial charge in [0.15, 0.2) is 0 Å². The van der Waals surface area contributed by atoms with Crippen LogP contribution in [0.15, 0.2) is 0 Å². The highest BCUT2D eigenvalue weighted by atomic mass is 32.1. The Hall–Kier alpha value is 1.74. The Balaban J connectivity index is -0.000000122. The Kier molecular flexibility index (Phi) is 94.2. The summed E-state index contributed by atoms with van der Waals surface area (Å²) in [6.07, 6.45) is 36.1. The fraction of sp³-hybridized carbons (Fsp3) is 1.00. The first kappa shape index (κ1) is 78.9. The Morgan fingerprint density at radius 2 is 0.413 bits per heavy atom. The van der Waals surface area contributed by atoms with Crippen molar-refractivity contribution in [3.63, 3.8) is 0 Å². The number of aliphatic hydroxyl groups is 6. The van der Waals surface area contributed by atoms with Gasteiger partial charge in [-0.05, 0) is 36.5 Å². The van der Waals surface area contributed by atoms with E-state index in [2.05, 4.69) is 58.7 Å². The first-order chi connectivity index (χ1) is 30.0. The summed E-state index contributed by atoms with van der Waals surface area (Å²) in [5.74, 6) is 3.20. The topological polar surface area (TPSA) is 303 Å². The molecule has 0 saturated heterocycles. The van der Waals surface area contributed by atoms with Crippen LogP contribution in [0.4, 0.5) is 0 Å². The molecular formula is C42H101O15P3S3. The maximum absolute atomic E-state index is 8.96. The SMILES string of the molecule is CCCCCCCCCCCCS.CCCCCCCCCCCCS.CCCCCCCCCCCCS.OC[C@@H](O)[C@@H](O)[C@H](O)[C@@H](O)CO.OP(O)O.OP(O)O.OP(O)O. The molecule has 0 heterocycles. The van der Waals surface area contributed by atoms with Crippen LogP contribution in [0.2, 0.25) is 0 Å². The van der Waals surface area contributed by atoms with Gasteiger partial charge in [0.05, 0.1) is 13.2 Å². The number of thiol groups is 3. The largest absolute Gasteiger partial charge is 0.394 e. The minimum absolute atomic E-state index is 0.726. The second-order valence-electron chi connectivity index (χ2n) is 15.0. The number of hydrogen-bond donors (Lipinski definition) is 18. The maximum atomic E-state index is 8.96. The minimum Gasteiger partial charge on any atom is -0.394 e. The van der Waals surface area contributed by atoms with Crippen molar-refractivity contribution in [1.82, 2.24) is 0 Å². The molecular weight excluding hydrogens is 934 g/mol. The van der Waals surface area contributed by atoms with Crippen molar-refractivity contribution in [3.05, 3.63) is 0 Å². The number of rotatable bonds is 35. The first-order valence-corrected chi connectivity index (χ1v) is 28.8. The van der Waals surface area contributed by atoms with Crippen molar-refractivity contribution in [2.45, 2.75) is 238 Å². The zero-order chi connectivity index (χ0) is 49.8. The Morgan fingerprint density at radius 3 is 0.524 bits per heavy atom. The summed E-state index contributed by atoms with van der Waals surface area (Å²) < 4.78 is 0. The average molecular weight is 1040 g/mol. The van der Waals surface area contributed by atoms with Crippen molar-refractivity contribution in [1.29, 1.82) is 0 Å². The van der Waals surface area contributed by atoms with Crippen LogP contribution < -0.4 is 0 Å². The van der Waals surface area contributed by atoms with Crippen LogP contribution in [0.25, 0.3) is 0 Å². The van der Waals surface area contributed by atoms with Crippen LogP contribution in [-0.2, 0) is 0 Å². The summed E-state index contributed by atoms with van der Waals surface area (Å²) in [6.45, 7) is 5.37. The third-order valence-corrected chi connectivity index (χ3v) is 10.00. The molecule has 0 aliphatic rings. The third-order valence-electron chi connectivity index (χ3n) is 9.05. The zero-order valence-electron chi connectivity index (χ0n) is 39.4. The third kappa shape index (κ3) is 107. The standard InChI is InChI=1S/3C12H26S.C6H14O6.3H3O3P/c3*1-2-3-4-5-6-7-8-9-10-11-12-13;7-1-3(9)5(11)6(12)4(10)2-8;3*1-4(2)3/h3*13H,2-12H2,1H3;3-12H,1-2H2;3*1-3H/t;;;3-,4+,5-,6-;;;/m...1.../s1. The van der Waals surface area contributed by atoms with Gasteiger partial charge in [-0.15, -0.1) is 0 Å². The summed E-state index contributed by atoms with van der Waals surface area (Å²) in [6, 6.07) is 0. The van der Waals surface area contributed by atoms with Crippen molar-refractivity contribution in [2.24, 2.45) is 0 Å². The van der Waals surface area contributed by atoms with Gasteiger partial charge >= 0.3 is 25.8 Å². The summed E-state index contributed by atoms with van der Waals surface area (Å²) in [5, 5.41) is 52.2. The summed E-state index contributed by atoms with van der Waals surface area (Å²) in [4.78, 5) is 65.1. The van der Waals surface area contributed by atoms with E-state index in [-0.39, 0.29) is 0 Å². The van der Waals surface area contributed by atoms with Crippen LogP contribution in [0.1, 0.15) is 213 Å². The second kappa shape index (κ2) is 75.3. The van der Waals surface area contributed by atoms with E-state index in [1.165, 1.54) is 193 Å². The van der Waals surface area contributed by atoms with Gasteiger partial charge in [0.2, 0.25) is 0 Å². The van der Waals surface area contributed by atoms with Crippen molar-refractivity contribution in [2.75, 3.05) is 30.5 Å². The smallest absolute Gasteiger partial charge is 0.324 e. The normalized spacial score (nSPS) is 12.4. The lowest BCUT2D eigenvalue weighted by atomic mass is 10.0. The molecule has 392 valence electrons. The van der Waals surface area contributed by atoms with Gasteiger partial charge in [-0.25, -0.2) is 0 Å². The molecule has 21 heteroatoms. The van der Waals surface area contributed by atoms with Gasteiger partial charge in [0.1, 0.15) is 24.4 Å². The highest BCUT2D eigenvalue weighted by molar-refractivity contribution is 7.80. The molecule has 0 spiro atoms. The van der Waals surface area contributed by atoms with Gasteiger partial charge < -0.3 is 74.7 Å². The van der Waals surface area contributed by atoms with Gasteiger partial charge in [-0.3, -0.25) is 0 Å². The lowest BCUT2D eigenvalue weighted by molar-refractivity contribution is -0.123. The molecule has 15 N–H and O–H groups in total. The zero-order valence-corrected chi connectivity index (χ0v) is 44.8. The van der Waals surface area contributed by atoms with E-state index in [0.29, 0.717) is 0 Å². The number of aliphatic hydroxyl groups excluding tert-OH is 6. The molecule has 0 amide bonds. The molecule has 15 nitrogen and oxygen atoms in total. The molecule has 0 fully saturated rings. The van der Waals surface area contributed by atoms with E-state index in [4.69, 9.17) is 74.7 Å². The maximum Gasteiger partial charge on any atom is 0.324 e. The Morgan fingerprint density at radius 1 is 0.286 bits per heavy atom. The van der Waals surface area contributed by atoms with E-state index in [1.807, 2.05) is 0 Å². The van der Waals surface area contributed by atoms with Crippen LogP contribution >= 0.6 is 63.7 Å². The average Bonchev–Trinajstić information content (AvgIpc) is 3.23. The van der Waals surface area contributed by atoms with E-state index < -0.39 is 63.4 Å². The first-order valence-electron chi connectivity index (χ1n) is 23.4. The van der Waals surface area contributed by atoms with Gasteiger partial charge in [-0.2, -0.15) is 37.9 Å². The molecule has 0 saturated carbocycles. The quantitative estimate of drug-likeness (QED) is 0.0161. The number of unbranched alkanes of at least 4 members (excludes halogenated alkanes) is 27. The minimum atomic E-state index is -2.62. The lowest BCUT2D eigenvalue weighted by Gasteiger charge is -2.24. The van der Waals surface area contributed by atoms with Crippen LogP contribution in [0, 0.1) is 0 Å². The molecule has 0 aromatic rings. The van der Waals surface area contributed by atoms with Crippen molar-refractivity contribution >= 4 is 63.7 Å². The van der Waals surface area contributed by atoms with E-state index in [9.17, 15) is 0 Å². The predicted octanol–water partition coefficient (Wildman–Crippen LogP) is 8.50. The molecule has 63 heavy (non-hydrogen) atoms. The highest BCUT2D eigenvalue weighted by Crippen LogP contribution is 2.14. The molecule has 0 aliphatic carbocycles. The fourth-order valence-corrected chi connectivity index (χ4v) is 6.14. The van der Waals surface area contributed by atoms with Crippen molar-refractivity contribution in [3.8, 4) is 0 Å². The van der Waals surface area contributed by atoms with Crippen LogP contribution in [-0.4, -0.2) is 130 Å². The molecule has 0 rings (SSSR count). The molecule has 0 aliphatic heterocycles. The highest BCUT2D eigenvalue weighted by Gasteiger charge is 2.29. The molecule has 4 atom stereocenters.